The molecular weight excluding hydrogens is 577 g/mol. The molecule has 210 valence electrons. The Kier molecular flexibility index (Phi) is 8.77. The second kappa shape index (κ2) is 12.5. The predicted molar refractivity (Wildman–Crippen MR) is 163 cm³/mol. The zero-order valence-corrected chi connectivity index (χ0v) is 24.7. The molecule has 1 saturated heterocycles. The molecule has 1 aromatic heterocycles. The third kappa shape index (κ3) is 6.17. The number of carbonyl (C=O) groups is 1. The molecule has 4 aromatic rings. The number of thiazole rings is 1. The molecule has 1 fully saturated rings. The van der Waals surface area contributed by atoms with Crippen LogP contribution in [0.4, 0.5) is 4.79 Å². The van der Waals surface area contributed by atoms with E-state index < -0.39 is 29.7 Å². The van der Waals surface area contributed by atoms with Crippen LogP contribution in [-0.2, 0) is 14.7 Å². The summed E-state index contributed by atoms with van der Waals surface area (Å²) in [6, 6.07) is 31.4. The number of benzene rings is 3. The van der Waals surface area contributed by atoms with E-state index in [1.165, 1.54) is 32.2 Å². The van der Waals surface area contributed by atoms with E-state index in [0.717, 1.165) is 0 Å². The summed E-state index contributed by atoms with van der Waals surface area (Å²) in [6.07, 6.45) is 3.97. The maximum atomic E-state index is 11.9. The van der Waals surface area contributed by atoms with Gasteiger partial charge in [-0.15, -0.1) is 11.3 Å². The summed E-state index contributed by atoms with van der Waals surface area (Å²) < 4.78 is 36.3. The molecule has 0 aliphatic carbocycles. The average molecular weight is 606 g/mol. The minimum atomic E-state index is -4.99. The first-order chi connectivity index (χ1) is 19.8. The van der Waals surface area contributed by atoms with Gasteiger partial charge in [-0.3, -0.25) is 0 Å². The van der Waals surface area contributed by atoms with Gasteiger partial charge >= 0.3 is 6.03 Å². The van der Waals surface area contributed by atoms with Crippen molar-refractivity contribution in [3.05, 3.63) is 126 Å². The Morgan fingerprint density at radius 1 is 0.951 bits per heavy atom. The minimum absolute atomic E-state index is 0.276. The number of rotatable bonds is 7. The van der Waals surface area contributed by atoms with E-state index >= 15 is 0 Å². The van der Waals surface area contributed by atoms with Crippen molar-refractivity contribution in [2.45, 2.75) is 13.0 Å². The van der Waals surface area contributed by atoms with Gasteiger partial charge in [0.15, 0.2) is 0 Å². The number of amides is 2. The van der Waals surface area contributed by atoms with Crippen molar-refractivity contribution in [1.82, 2.24) is 14.9 Å². The van der Waals surface area contributed by atoms with E-state index in [0.29, 0.717) is 22.9 Å². The topological polar surface area (TPSA) is 103 Å². The molecule has 11 heteroatoms. The number of hydrogen-bond acceptors (Lipinski definition) is 7. The number of urea groups is 1. The lowest BCUT2D eigenvalue weighted by Crippen LogP contribution is -2.36. The zero-order chi connectivity index (χ0) is 28.9. The SMILES string of the molecule is CC=C[P+](c1ccccc1)(c1ccccc1)c1ccccc1.O=C1N2CC=C(c3cscn3)C(C2)N1OS(=O)(=O)[O-]. The predicted octanol–water partition coefficient (Wildman–Crippen LogP) is 4.55. The summed E-state index contributed by atoms with van der Waals surface area (Å²) in [5.74, 6) is 2.41. The lowest BCUT2D eigenvalue weighted by molar-refractivity contribution is -0.0172. The Morgan fingerprint density at radius 2 is 1.49 bits per heavy atom. The van der Waals surface area contributed by atoms with Crippen LogP contribution < -0.4 is 15.9 Å². The Morgan fingerprint density at radius 3 is 1.93 bits per heavy atom. The van der Waals surface area contributed by atoms with Crippen molar-refractivity contribution in [1.29, 1.82) is 0 Å². The molecule has 8 nitrogen and oxygen atoms in total. The molecule has 41 heavy (non-hydrogen) atoms. The molecule has 6 rings (SSSR count). The molecule has 3 aromatic carbocycles. The van der Waals surface area contributed by atoms with E-state index in [2.05, 4.69) is 119 Å². The Bertz CT molecular complexity index is 1530. The van der Waals surface area contributed by atoms with Crippen molar-refractivity contribution in [2.75, 3.05) is 13.1 Å². The van der Waals surface area contributed by atoms with E-state index in [4.69, 9.17) is 0 Å². The fraction of sp³-hybridized carbons (Fsp3) is 0.133. The monoisotopic (exact) mass is 605 g/mol. The van der Waals surface area contributed by atoms with Crippen molar-refractivity contribution >= 4 is 56.5 Å². The molecule has 0 saturated carbocycles. The van der Waals surface area contributed by atoms with Crippen LogP contribution in [0, 0.1) is 0 Å². The normalized spacial score (nSPS) is 16.9. The van der Waals surface area contributed by atoms with Crippen LogP contribution in [0.15, 0.2) is 120 Å². The average Bonchev–Trinajstić information content (AvgIpc) is 3.61. The van der Waals surface area contributed by atoms with Crippen molar-refractivity contribution in [3.8, 4) is 0 Å². The van der Waals surface area contributed by atoms with Crippen molar-refractivity contribution in [2.24, 2.45) is 0 Å². The van der Waals surface area contributed by atoms with Gasteiger partial charge in [0.05, 0.1) is 23.6 Å². The highest BCUT2D eigenvalue weighted by atomic mass is 32.3. The number of aromatic nitrogens is 1. The second-order valence-electron chi connectivity index (χ2n) is 9.26. The highest BCUT2D eigenvalue weighted by Crippen LogP contribution is 2.56. The molecule has 2 bridgehead atoms. The molecule has 0 radical (unpaired) electrons. The largest absolute Gasteiger partial charge is 0.724 e. The van der Waals surface area contributed by atoms with Gasteiger partial charge in [-0.05, 0) is 43.3 Å². The second-order valence-corrected chi connectivity index (χ2v) is 14.2. The third-order valence-electron chi connectivity index (χ3n) is 6.79. The van der Waals surface area contributed by atoms with Gasteiger partial charge in [0.1, 0.15) is 29.2 Å². The molecule has 2 amide bonds. The zero-order valence-electron chi connectivity index (χ0n) is 22.2. The smallest absolute Gasteiger partial charge is 0.346 e. The molecule has 3 heterocycles. The Hall–Kier alpha value is -3.66. The highest BCUT2D eigenvalue weighted by molar-refractivity contribution is 7.98. The van der Waals surface area contributed by atoms with Crippen LogP contribution in [0.5, 0.6) is 0 Å². The molecule has 0 spiro atoms. The molecular formula is C30H28N3O5PS2. The first-order valence-corrected chi connectivity index (χ1v) is 17.0. The van der Waals surface area contributed by atoms with E-state index in [1.54, 1.807) is 17.0 Å². The van der Waals surface area contributed by atoms with Gasteiger partial charge in [-0.1, -0.05) is 66.7 Å². The maximum absolute atomic E-state index is 11.9. The van der Waals surface area contributed by atoms with Gasteiger partial charge in [0, 0.05) is 17.5 Å². The first kappa shape index (κ1) is 28.9. The summed E-state index contributed by atoms with van der Waals surface area (Å²) in [7, 11) is -6.72. The van der Waals surface area contributed by atoms with Crippen molar-refractivity contribution in [3.63, 3.8) is 0 Å². The Balaban J connectivity index is 0.000000166. The molecule has 1 unspecified atom stereocenters. The van der Waals surface area contributed by atoms with E-state index in [1.807, 2.05) is 0 Å². The number of carbonyl (C=O) groups excluding carboxylic acids is 1. The van der Waals surface area contributed by atoms with Gasteiger partial charge in [-0.2, -0.15) is 9.35 Å². The summed E-state index contributed by atoms with van der Waals surface area (Å²) in [5, 5.41) is 6.58. The van der Waals surface area contributed by atoms with Crippen LogP contribution in [0.2, 0.25) is 0 Å². The van der Waals surface area contributed by atoms with Crippen molar-refractivity contribution < 1.29 is 22.0 Å². The Labute approximate surface area is 244 Å². The lowest BCUT2D eigenvalue weighted by Gasteiger charge is -2.24. The number of allylic oxidation sites excluding steroid dienone is 1. The summed E-state index contributed by atoms with van der Waals surface area (Å²) in [6.45, 7) is 2.72. The summed E-state index contributed by atoms with van der Waals surface area (Å²) >= 11 is 1.38. The summed E-state index contributed by atoms with van der Waals surface area (Å²) in [5.41, 5.74) is 2.97. The minimum Gasteiger partial charge on any atom is -0.724 e. The number of nitrogens with zero attached hydrogens (tertiary/aromatic N) is 3. The fourth-order valence-corrected chi connectivity index (χ4v) is 9.80. The molecule has 1 atom stereocenters. The number of hydroxylamine groups is 2. The van der Waals surface area contributed by atoms with Gasteiger partial charge in [0.2, 0.25) is 10.4 Å². The third-order valence-corrected chi connectivity index (χ3v) is 11.8. The number of fused-ring (bicyclic) bond motifs is 2. The molecule has 2 aliphatic rings. The summed E-state index contributed by atoms with van der Waals surface area (Å²) in [4.78, 5) is 17.4. The number of hydrogen-bond donors (Lipinski definition) is 0. The van der Waals surface area contributed by atoms with Crippen LogP contribution in [0.25, 0.3) is 5.57 Å². The molecule has 2 aliphatic heterocycles. The van der Waals surface area contributed by atoms with Gasteiger partial charge in [0.25, 0.3) is 0 Å². The van der Waals surface area contributed by atoms with Crippen LogP contribution in [0.1, 0.15) is 12.6 Å². The quantitative estimate of drug-likeness (QED) is 0.174. The standard InChI is InChI=1S/C21H20P.C9H9N3O5S2/c1-2-18-22(19-12-6-3-7-13-19,20-14-8-4-9-15-20)21-16-10-5-11-17-21;13-9-11-2-1-6(7-4-18-5-10-7)8(3-11)12(9)17-19(14,15)16/h2-18H,1H3;1,4-5,8H,2-3H2,(H,14,15,16)/q+1;/p-1. The maximum Gasteiger partial charge on any atom is 0.346 e. The first-order valence-electron chi connectivity index (χ1n) is 12.8. The van der Waals surface area contributed by atoms with Crippen LogP contribution in [-0.4, -0.2) is 53.1 Å². The van der Waals surface area contributed by atoms with E-state index in [-0.39, 0.29) is 6.54 Å². The fourth-order valence-electron chi connectivity index (χ4n) is 5.09. The lowest BCUT2D eigenvalue weighted by atomic mass is 10.0. The van der Waals surface area contributed by atoms with Gasteiger partial charge < -0.3 is 9.45 Å². The van der Waals surface area contributed by atoms with Crippen LogP contribution in [0.3, 0.4) is 0 Å². The van der Waals surface area contributed by atoms with Crippen LogP contribution >= 0.6 is 18.6 Å². The highest BCUT2D eigenvalue weighted by Gasteiger charge is 2.45. The molecule has 0 N–H and O–H groups in total. The van der Waals surface area contributed by atoms with Gasteiger partial charge in [-0.25, -0.2) is 18.2 Å². The van der Waals surface area contributed by atoms with E-state index in [9.17, 15) is 17.8 Å².